The quantitative estimate of drug-likeness (QED) is 0.0468. The first-order chi connectivity index (χ1) is 25.9. The molecule has 0 aliphatic carbocycles. The molecule has 274 valence electrons. The Labute approximate surface area is 309 Å². The summed E-state index contributed by atoms with van der Waals surface area (Å²) < 4.78 is 0. The average molecular weight is 728 g/mol. The van der Waals surface area contributed by atoms with E-state index in [9.17, 15) is 29.3 Å². The second-order valence-corrected chi connectivity index (χ2v) is 11.4. The maximum atomic E-state index is 12.1. The standard InChI is InChI=1S/C15H15N3O2.C13H11N3O3.C11H11N3O/c1-10(19)17-14-4-2-3-11(9-14)15(20)18-13-7-5-12(16)6-8-13;14-10-4-6-11(7-5-10)15-13(17)9-2-1-3-12(8-9)16(18)19;12-8-3-5-9(6-4-8)14-11(15)10-2-1-7-13-10/h2-9H,16H2,1H3,(H,17,19)(H,18,20);1-8H,14H2,(H,15,17);1-7,13H,12H2,(H,14,15). The molecular weight excluding hydrogens is 690 g/mol. The van der Waals surface area contributed by atoms with Crippen molar-refractivity contribution in [2.45, 2.75) is 6.92 Å². The fourth-order valence-corrected chi connectivity index (χ4v) is 4.48. The van der Waals surface area contributed by atoms with Gasteiger partial charge in [-0.05, 0) is 109 Å². The molecule has 0 spiro atoms. The summed E-state index contributed by atoms with van der Waals surface area (Å²) in [6.45, 7) is 1.42. The lowest BCUT2D eigenvalue weighted by molar-refractivity contribution is -0.384. The highest BCUT2D eigenvalue weighted by atomic mass is 16.6. The van der Waals surface area contributed by atoms with Crippen LogP contribution in [-0.4, -0.2) is 33.5 Å². The molecule has 0 saturated heterocycles. The Morgan fingerprint density at radius 3 is 1.41 bits per heavy atom. The number of nitrogen functional groups attached to an aromatic ring is 3. The van der Waals surface area contributed by atoms with Crippen molar-refractivity contribution in [3.63, 3.8) is 0 Å². The van der Waals surface area contributed by atoms with Gasteiger partial charge in [0.1, 0.15) is 5.69 Å². The summed E-state index contributed by atoms with van der Waals surface area (Å²) in [4.78, 5) is 59.5. The van der Waals surface area contributed by atoms with Crippen LogP contribution in [0.2, 0.25) is 0 Å². The number of nitro groups is 1. The molecule has 0 unspecified atom stereocenters. The number of nitrogens with one attached hydrogen (secondary N) is 5. The molecule has 1 aromatic heterocycles. The van der Waals surface area contributed by atoms with Gasteiger partial charge in [-0.3, -0.25) is 29.3 Å². The summed E-state index contributed by atoms with van der Waals surface area (Å²) in [5.41, 5.74) is 22.2. The molecule has 15 nitrogen and oxygen atoms in total. The number of rotatable bonds is 8. The van der Waals surface area contributed by atoms with Crippen LogP contribution in [-0.2, 0) is 4.79 Å². The molecule has 0 fully saturated rings. The van der Waals surface area contributed by atoms with E-state index in [1.807, 2.05) is 0 Å². The third-order valence-electron chi connectivity index (χ3n) is 7.11. The van der Waals surface area contributed by atoms with Gasteiger partial charge in [-0.1, -0.05) is 12.1 Å². The number of benzene rings is 5. The Hall–Kier alpha value is -7.94. The number of nitro benzene ring substituents is 1. The molecule has 1 heterocycles. The number of aromatic nitrogens is 1. The number of nitrogens with two attached hydrogens (primary N) is 3. The predicted octanol–water partition coefficient (Wildman–Crippen LogP) is 6.76. The van der Waals surface area contributed by atoms with Gasteiger partial charge in [-0.2, -0.15) is 0 Å². The lowest BCUT2D eigenvalue weighted by atomic mass is 10.2. The van der Waals surface area contributed by atoms with Crippen LogP contribution < -0.4 is 38.5 Å². The number of non-ortho nitro benzene ring substituents is 1. The van der Waals surface area contributed by atoms with E-state index in [0.29, 0.717) is 45.4 Å². The minimum Gasteiger partial charge on any atom is -0.399 e. The van der Waals surface area contributed by atoms with Crippen molar-refractivity contribution >= 4 is 69.1 Å². The molecule has 6 aromatic rings. The molecule has 11 N–H and O–H groups in total. The first kappa shape index (κ1) is 38.9. The van der Waals surface area contributed by atoms with Crippen molar-refractivity contribution in [3.05, 3.63) is 167 Å². The molecule has 0 radical (unpaired) electrons. The Balaban J connectivity index is 0.000000182. The Kier molecular flexibility index (Phi) is 13.6. The Morgan fingerprint density at radius 1 is 0.537 bits per heavy atom. The molecule has 6 rings (SSSR count). The zero-order valence-corrected chi connectivity index (χ0v) is 28.9. The van der Waals surface area contributed by atoms with Crippen molar-refractivity contribution in [1.29, 1.82) is 0 Å². The second-order valence-electron chi connectivity index (χ2n) is 11.4. The van der Waals surface area contributed by atoms with Gasteiger partial charge in [0, 0.05) is 76.2 Å². The van der Waals surface area contributed by atoms with E-state index in [4.69, 9.17) is 17.2 Å². The first-order valence-electron chi connectivity index (χ1n) is 16.1. The van der Waals surface area contributed by atoms with Crippen LogP contribution in [0, 0.1) is 10.1 Å². The summed E-state index contributed by atoms with van der Waals surface area (Å²) in [6, 6.07) is 36.3. The van der Waals surface area contributed by atoms with Crippen LogP contribution >= 0.6 is 0 Å². The number of amides is 4. The van der Waals surface area contributed by atoms with Crippen LogP contribution in [0.25, 0.3) is 0 Å². The number of nitrogens with zero attached hydrogens (tertiary/aromatic N) is 1. The zero-order chi connectivity index (χ0) is 39.0. The largest absolute Gasteiger partial charge is 0.399 e. The molecule has 15 heteroatoms. The highest BCUT2D eigenvalue weighted by Crippen LogP contribution is 2.17. The van der Waals surface area contributed by atoms with E-state index in [-0.39, 0.29) is 29.0 Å². The Morgan fingerprint density at radius 2 is 0.981 bits per heavy atom. The van der Waals surface area contributed by atoms with Crippen LogP contribution in [0.15, 0.2) is 140 Å². The second kappa shape index (κ2) is 18.9. The van der Waals surface area contributed by atoms with E-state index >= 15 is 0 Å². The van der Waals surface area contributed by atoms with Crippen molar-refractivity contribution in [3.8, 4) is 0 Å². The molecule has 5 aromatic carbocycles. The van der Waals surface area contributed by atoms with Crippen molar-refractivity contribution in [1.82, 2.24) is 4.98 Å². The summed E-state index contributed by atoms with van der Waals surface area (Å²) >= 11 is 0. The first-order valence-corrected chi connectivity index (χ1v) is 16.1. The third kappa shape index (κ3) is 12.4. The number of carbonyl (C=O) groups is 4. The third-order valence-corrected chi connectivity index (χ3v) is 7.11. The van der Waals surface area contributed by atoms with Gasteiger partial charge in [0.15, 0.2) is 0 Å². The van der Waals surface area contributed by atoms with E-state index in [1.165, 1.54) is 31.2 Å². The number of H-pyrrole nitrogens is 1. The van der Waals surface area contributed by atoms with Gasteiger partial charge in [0.05, 0.1) is 4.92 Å². The minimum atomic E-state index is -0.542. The number of hydrogen-bond donors (Lipinski definition) is 8. The number of hydrogen-bond acceptors (Lipinski definition) is 9. The molecule has 0 aliphatic heterocycles. The SMILES string of the molecule is CC(=O)Nc1cccc(C(=O)Nc2ccc(N)cc2)c1.Nc1ccc(NC(=O)c2ccc[nH]2)cc1.Nc1ccc(NC(=O)c2cccc([N+](=O)[O-])c2)cc1. The molecule has 54 heavy (non-hydrogen) atoms. The van der Waals surface area contributed by atoms with Crippen LogP contribution in [0.4, 0.5) is 45.5 Å². The van der Waals surface area contributed by atoms with Gasteiger partial charge < -0.3 is 43.5 Å². The maximum absolute atomic E-state index is 12.1. The van der Waals surface area contributed by atoms with Crippen LogP contribution in [0.1, 0.15) is 38.1 Å². The number of anilines is 7. The van der Waals surface area contributed by atoms with Gasteiger partial charge >= 0.3 is 0 Å². The summed E-state index contributed by atoms with van der Waals surface area (Å²) in [7, 11) is 0. The molecule has 0 atom stereocenters. The zero-order valence-electron chi connectivity index (χ0n) is 28.9. The average Bonchev–Trinajstić information content (AvgIpc) is 3.71. The molecule has 0 bridgehead atoms. The van der Waals surface area contributed by atoms with Crippen molar-refractivity contribution in [2.24, 2.45) is 0 Å². The lowest BCUT2D eigenvalue weighted by Gasteiger charge is -2.07. The fourth-order valence-electron chi connectivity index (χ4n) is 4.48. The summed E-state index contributed by atoms with van der Waals surface area (Å²) in [6.07, 6.45) is 1.71. The maximum Gasteiger partial charge on any atom is 0.272 e. The molecule has 4 amide bonds. The van der Waals surface area contributed by atoms with Crippen LogP contribution in [0.5, 0.6) is 0 Å². The minimum absolute atomic E-state index is 0.120. The topological polar surface area (TPSA) is 253 Å². The van der Waals surface area contributed by atoms with Gasteiger partial charge in [0.25, 0.3) is 23.4 Å². The van der Waals surface area contributed by atoms with Crippen molar-refractivity contribution < 1.29 is 24.1 Å². The number of carbonyl (C=O) groups excluding carboxylic acids is 4. The lowest BCUT2D eigenvalue weighted by Crippen LogP contribution is -2.13. The smallest absolute Gasteiger partial charge is 0.272 e. The van der Waals surface area contributed by atoms with E-state index in [0.717, 1.165) is 5.69 Å². The van der Waals surface area contributed by atoms with Gasteiger partial charge in [-0.15, -0.1) is 0 Å². The summed E-state index contributed by atoms with van der Waals surface area (Å²) in [5, 5.41) is 21.4. The van der Waals surface area contributed by atoms with E-state index in [1.54, 1.807) is 115 Å². The fraction of sp³-hybridized carbons (Fsp3) is 0.0256. The monoisotopic (exact) mass is 727 g/mol. The summed E-state index contributed by atoms with van der Waals surface area (Å²) in [5.74, 6) is -0.999. The van der Waals surface area contributed by atoms with Crippen molar-refractivity contribution in [2.75, 3.05) is 38.5 Å². The molecular formula is C39H37N9O6. The number of aromatic amines is 1. The highest BCUT2D eigenvalue weighted by molar-refractivity contribution is 6.06. The highest BCUT2D eigenvalue weighted by Gasteiger charge is 2.12. The predicted molar refractivity (Wildman–Crippen MR) is 211 cm³/mol. The van der Waals surface area contributed by atoms with Gasteiger partial charge in [0.2, 0.25) is 5.91 Å². The van der Waals surface area contributed by atoms with E-state index < -0.39 is 10.8 Å². The normalized spacial score (nSPS) is 9.87. The molecule has 0 saturated carbocycles. The van der Waals surface area contributed by atoms with E-state index in [2.05, 4.69) is 26.3 Å². The Bertz CT molecular complexity index is 2210. The molecule has 0 aliphatic rings. The van der Waals surface area contributed by atoms with Gasteiger partial charge in [-0.25, -0.2) is 0 Å². The van der Waals surface area contributed by atoms with Crippen LogP contribution in [0.3, 0.4) is 0 Å².